The Morgan fingerprint density at radius 1 is 1.53 bits per heavy atom. The molecular formula is C10H10N4O3. The van der Waals surface area contributed by atoms with Gasteiger partial charge in [-0.1, -0.05) is 6.07 Å². The molecule has 7 nitrogen and oxygen atoms in total. The lowest BCUT2D eigenvalue weighted by Gasteiger charge is -2.05. The minimum absolute atomic E-state index is 0.112. The summed E-state index contributed by atoms with van der Waals surface area (Å²) in [5, 5.41) is 11.0. The molecule has 0 saturated carbocycles. The summed E-state index contributed by atoms with van der Waals surface area (Å²) >= 11 is 0. The number of benzene rings is 1. The number of hydrogen-bond donors (Lipinski definition) is 2. The van der Waals surface area contributed by atoms with E-state index in [0.717, 1.165) is 0 Å². The van der Waals surface area contributed by atoms with E-state index in [1.54, 1.807) is 12.1 Å². The Morgan fingerprint density at radius 2 is 2.29 bits per heavy atom. The molecule has 1 heterocycles. The number of hydrogen-bond acceptors (Lipinski definition) is 5. The molecule has 0 radical (unpaired) electrons. The first-order valence-electron chi connectivity index (χ1n) is 4.75. The number of nitrogens with two attached hydrogens (primary N) is 1. The number of imidazole rings is 1. The van der Waals surface area contributed by atoms with Gasteiger partial charge < -0.3 is 15.5 Å². The Kier molecular flexibility index (Phi) is 2.65. The Balaban J connectivity index is 2.65. The lowest BCUT2D eigenvalue weighted by Crippen LogP contribution is -1.96. The van der Waals surface area contributed by atoms with E-state index in [-0.39, 0.29) is 17.4 Å². The van der Waals surface area contributed by atoms with Crippen molar-refractivity contribution in [3.63, 3.8) is 0 Å². The number of para-hydroxylation sites is 1. The van der Waals surface area contributed by atoms with E-state index in [0.29, 0.717) is 11.3 Å². The number of aromatic nitrogens is 2. The second-order valence-electron chi connectivity index (χ2n) is 3.30. The fourth-order valence-corrected chi connectivity index (χ4v) is 1.57. The van der Waals surface area contributed by atoms with Crippen molar-refractivity contribution >= 4 is 11.6 Å². The molecule has 1 aromatic heterocycles. The van der Waals surface area contributed by atoms with E-state index in [4.69, 9.17) is 10.5 Å². The van der Waals surface area contributed by atoms with E-state index in [1.165, 1.54) is 19.4 Å². The van der Waals surface area contributed by atoms with Crippen LogP contribution < -0.4 is 10.5 Å². The molecule has 88 valence electrons. The molecule has 0 spiro atoms. The van der Waals surface area contributed by atoms with Crippen molar-refractivity contribution < 1.29 is 9.66 Å². The molecule has 1 aromatic carbocycles. The SMILES string of the molecule is COc1cccc(-c2cnc(N)[nH]2)c1[N+](=O)[O-]. The zero-order valence-corrected chi connectivity index (χ0v) is 9.01. The summed E-state index contributed by atoms with van der Waals surface area (Å²) in [4.78, 5) is 17.1. The molecule has 2 rings (SSSR count). The number of H-pyrrole nitrogens is 1. The van der Waals surface area contributed by atoms with Crippen LogP contribution >= 0.6 is 0 Å². The van der Waals surface area contributed by atoms with Crippen molar-refractivity contribution in [2.24, 2.45) is 0 Å². The maximum absolute atomic E-state index is 11.0. The minimum Gasteiger partial charge on any atom is -0.490 e. The predicted octanol–water partition coefficient (Wildman–Crippen LogP) is 1.58. The van der Waals surface area contributed by atoms with Gasteiger partial charge in [-0.3, -0.25) is 10.1 Å². The number of rotatable bonds is 3. The van der Waals surface area contributed by atoms with E-state index in [2.05, 4.69) is 9.97 Å². The lowest BCUT2D eigenvalue weighted by molar-refractivity contribution is -0.385. The number of nitro groups is 1. The van der Waals surface area contributed by atoms with Crippen molar-refractivity contribution in [1.29, 1.82) is 0 Å². The fraction of sp³-hybridized carbons (Fsp3) is 0.100. The highest BCUT2D eigenvalue weighted by Gasteiger charge is 2.22. The van der Waals surface area contributed by atoms with Crippen molar-refractivity contribution in [2.45, 2.75) is 0 Å². The predicted molar refractivity (Wildman–Crippen MR) is 61.6 cm³/mol. The van der Waals surface area contributed by atoms with Gasteiger partial charge in [0.25, 0.3) is 0 Å². The summed E-state index contributed by atoms with van der Waals surface area (Å²) in [6.45, 7) is 0. The average molecular weight is 234 g/mol. The highest BCUT2D eigenvalue weighted by atomic mass is 16.6. The van der Waals surface area contributed by atoms with Gasteiger partial charge in [0, 0.05) is 0 Å². The summed E-state index contributed by atoms with van der Waals surface area (Å²) in [5.74, 6) is 0.401. The second kappa shape index (κ2) is 4.12. The zero-order chi connectivity index (χ0) is 12.4. The smallest absolute Gasteiger partial charge is 0.320 e. The third-order valence-corrected chi connectivity index (χ3v) is 2.29. The van der Waals surface area contributed by atoms with Crippen LogP contribution in [0.5, 0.6) is 5.75 Å². The number of nitrogens with one attached hydrogen (secondary N) is 1. The Hall–Kier alpha value is -2.57. The van der Waals surface area contributed by atoms with Crippen LogP contribution in [0.1, 0.15) is 0 Å². The Labute approximate surface area is 96.4 Å². The van der Waals surface area contributed by atoms with E-state index >= 15 is 0 Å². The first-order chi connectivity index (χ1) is 8.13. The molecule has 7 heteroatoms. The summed E-state index contributed by atoms with van der Waals surface area (Å²) in [5.41, 5.74) is 6.20. The minimum atomic E-state index is -0.495. The van der Waals surface area contributed by atoms with Crippen LogP contribution in [0.15, 0.2) is 24.4 Å². The number of nitrogens with zero attached hydrogens (tertiary/aromatic N) is 2. The van der Waals surface area contributed by atoms with Gasteiger partial charge in [-0.2, -0.15) is 0 Å². The summed E-state index contributed by atoms with van der Waals surface area (Å²) < 4.78 is 4.97. The van der Waals surface area contributed by atoms with Gasteiger partial charge in [-0.05, 0) is 12.1 Å². The van der Waals surface area contributed by atoms with Crippen LogP contribution in [0.4, 0.5) is 11.6 Å². The number of methoxy groups -OCH3 is 1. The van der Waals surface area contributed by atoms with Crippen LogP contribution in [-0.2, 0) is 0 Å². The Morgan fingerprint density at radius 3 is 2.82 bits per heavy atom. The van der Waals surface area contributed by atoms with Crippen LogP contribution in [0, 0.1) is 10.1 Å². The second-order valence-corrected chi connectivity index (χ2v) is 3.30. The molecular weight excluding hydrogens is 224 g/mol. The van der Waals surface area contributed by atoms with Crippen molar-refractivity contribution in [3.8, 4) is 17.0 Å². The third kappa shape index (κ3) is 1.89. The van der Waals surface area contributed by atoms with Crippen molar-refractivity contribution in [1.82, 2.24) is 9.97 Å². The van der Waals surface area contributed by atoms with Crippen molar-refractivity contribution in [2.75, 3.05) is 12.8 Å². The quantitative estimate of drug-likeness (QED) is 0.619. The fourth-order valence-electron chi connectivity index (χ4n) is 1.57. The summed E-state index contributed by atoms with van der Waals surface area (Å²) in [6, 6.07) is 4.80. The number of nitro benzene ring substituents is 1. The molecule has 0 saturated heterocycles. The number of anilines is 1. The third-order valence-electron chi connectivity index (χ3n) is 2.29. The molecule has 0 aliphatic heterocycles. The zero-order valence-electron chi connectivity index (χ0n) is 9.01. The van der Waals surface area contributed by atoms with Gasteiger partial charge in [0.05, 0.1) is 29.5 Å². The highest BCUT2D eigenvalue weighted by molar-refractivity contribution is 5.75. The normalized spacial score (nSPS) is 10.2. The van der Waals surface area contributed by atoms with E-state index in [1.807, 2.05) is 0 Å². The number of aromatic amines is 1. The van der Waals surface area contributed by atoms with Crippen LogP contribution in [-0.4, -0.2) is 22.0 Å². The largest absolute Gasteiger partial charge is 0.490 e. The maximum atomic E-state index is 11.0. The topological polar surface area (TPSA) is 107 Å². The monoisotopic (exact) mass is 234 g/mol. The standard InChI is InChI=1S/C10H10N4O3/c1-17-8-4-2-3-6(9(8)14(15)16)7-5-12-10(11)13-7/h2-5H,1H3,(H3,11,12,13). The average Bonchev–Trinajstić information content (AvgIpc) is 2.74. The van der Waals surface area contributed by atoms with Gasteiger partial charge in [0.1, 0.15) is 0 Å². The molecule has 0 bridgehead atoms. The lowest BCUT2D eigenvalue weighted by atomic mass is 10.1. The van der Waals surface area contributed by atoms with Crippen LogP contribution in [0.25, 0.3) is 11.3 Å². The molecule has 0 fully saturated rings. The molecule has 17 heavy (non-hydrogen) atoms. The van der Waals surface area contributed by atoms with Crippen LogP contribution in [0.2, 0.25) is 0 Å². The van der Waals surface area contributed by atoms with Crippen molar-refractivity contribution in [3.05, 3.63) is 34.5 Å². The number of nitrogen functional groups attached to an aromatic ring is 1. The van der Waals surface area contributed by atoms with Gasteiger partial charge in [-0.15, -0.1) is 0 Å². The molecule has 2 aromatic rings. The van der Waals surface area contributed by atoms with Gasteiger partial charge >= 0.3 is 5.69 Å². The molecule has 0 aliphatic carbocycles. The Bertz CT molecular complexity index is 564. The first kappa shape index (κ1) is 10.9. The van der Waals surface area contributed by atoms with Gasteiger partial charge in [0.15, 0.2) is 11.7 Å². The highest BCUT2D eigenvalue weighted by Crippen LogP contribution is 2.36. The van der Waals surface area contributed by atoms with Crippen LogP contribution in [0.3, 0.4) is 0 Å². The van der Waals surface area contributed by atoms with E-state index < -0.39 is 4.92 Å². The molecule has 0 unspecified atom stereocenters. The first-order valence-corrected chi connectivity index (χ1v) is 4.75. The molecule has 0 aliphatic rings. The molecule has 3 N–H and O–H groups in total. The van der Waals surface area contributed by atoms with Gasteiger partial charge in [-0.25, -0.2) is 4.98 Å². The summed E-state index contributed by atoms with van der Waals surface area (Å²) in [6.07, 6.45) is 1.44. The summed E-state index contributed by atoms with van der Waals surface area (Å²) in [7, 11) is 1.38. The maximum Gasteiger partial charge on any atom is 0.320 e. The van der Waals surface area contributed by atoms with Gasteiger partial charge in [0.2, 0.25) is 0 Å². The van der Waals surface area contributed by atoms with E-state index in [9.17, 15) is 10.1 Å². The molecule has 0 atom stereocenters. The molecule has 0 amide bonds. The number of ether oxygens (including phenoxy) is 1.